The molecule has 0 heterocycles. The SMILES string of the molecule is CC/C=C(\C)N(C1=CCC=C(c2ccccc2)C=C1)c1ccccc1. The van der Waals surface area contributed by atoms with Gasteiger partial charge in [-0.2, -0.15) is 0 Å². The van der Waals surface area contributed by atoms with Crippen LogP contribution in [-0.2, 0) is 0 Å². The second-order valence-electron chi connectivity index (χ2n) is 6.15. The van der Waals surface area contributed by atoms with Crippen molar-refractivity contribution >= 4 is 11.3 Å². The predicted octanol–water partition coefficient (Wildman–Crippen LogP) is 6.73. The molecule has 126 valence electrons. The topological polar surface area (TPSA) is 3.24 Å². The van der Waals surface area contributed by atoms with Gasteiger partial charge < -0.3 is 4.90 Å². The van der Waals surface area contributed by atoms with Gasteiger partial charge in [0.15, 0.2) is 0 Å². The van der Waals surface area contributed by atoms with Gasteiger partial charge in [0.05, 0.1) is 0 Å². The Bertz CT molecular complexity index is 808. The summed E-state index contributed by atoms with van der Waals surface area (Å²) in [5.74, 6) is 0. The van der Waals surface area contributed by atoms with E-state index in [9.17, 15) is 0 Å². The Balaban J connectivity index is 1.93. The molecule has 0 amide bonds. The molecule has 1 aliphatic rings. The number of anilines is 1. The normalized spacial score (nSPS) is 14.6. The van der Waals surface area contributed by atoms with E-state index in [4.69, 9.17) is 0 Å². The standard InChI is InChI=1S/C24H25N/c1-3-11-20(2)25(23-15-8-5-9-16-23)24-17-10-14-22(18-19-24)21-12-6-4-7-13-21/h4-9,11-19H,3,10H2,1-2H3/b20-11+. The molecule has 0 fully saturated rings. The molecule has 0 saturated heterocycles. The molecule has 0 aliphatic heterocycles. The molecule has 0 N–H and O–H groups in total. The van der Waals surface area contributed by atoms with Crippen molar-refractivity contribution in [2.24, 2.45) is 0 Å². The molecule has 0 unspecified atom stereocenters. The minimum absolute atomic E-state index is 0.926. The number of para-hydroxylation sites is 1. The van der Waals surface area contributed by atoms with E-state index in [0.29, 0.717) is 0 Å². The van der Waals surface area contributed by atoms with E-state index < -0.39 is 0 Å². The first kappa shape index (κ1) is 17.0. The van der Waals surface area contributed by atoms with E-state index in [2.05, 4.69) is 110 Å². The highest BCUT2D eigenvalue weighted by Crippen LogP contribution is 2.28. The predicted molar refractivity (Wildman–Crippen MR) is 109 cm³/mol. The van der Waals surface area contributed by atoms with Crippen molar-refractivity contribution < 1.29 is 0 Å². The summed E-state index contributed by atoms with van der Waals surface area (Å²) in [6.07, 6.45) is 13.3. The van der Waals surface area contributed by atoms with Gasteiger partial charge in [0.2, 0.25) is 0 Å². The smallest absolute Gasteiger partial charge is 0.0457 e. The number of hydrogen-bond donors (Lipinski definition) is 0. The van der Waals surface area contributed by atoms with Crippen LogP contribution >= 0.6 is 0 Å². The van der Waals surface area contributed by atoms with Crippen molar-refractivity contribution in [2.75, 3.05) is 4.90 Å². The largest absolute Gasteiger partial charge is 0.315 e. The van der Waals surface area contributed by atoms with Crippen LogP contribution in [0.25, 0.3) is 5.57 Å². The van der Waals surface area contributed by atoms with Crippen LogP contribution < -0.4 is 4.90 Å². The van der Waals surface area contributed by atoms with E-state index in [0.717, 1.165) is 12.8 Å². The molecule has 2 aromatic rings. The van der Waals surface area contributed by atoms with Crippen LogP contribution in [0.2, 0.25) is 0 Å². The first-order valence-electron chi connectivity index (χ1n) is 8.95. The van der Waals surface area contributed by atoms with E-state index >= 15 is 0 Å². The summed E-state index contributed by atoms with van der Waals surface area (Å²) in [7, 11) is 0. The monoisotopic (exact) mass is 327 g/mol. The third-order valence-electron chi connectivity index (χ3n) is 4.33. The van der Waals surface area contributed by atoms with Crippen molar-refractivity contribution in [2.45, 2.75) is 26.7 Å². The molecular formula is C24H25N. The summed E-state index contributed by atoms with van der Waals surface area (Å²) in [4.78, 5) is 2.34. The van der Waals surface area contributed by atoms with Crippen LogP contribution in [0.1, 0.15) is 32.3 Å². The van der Waals surface area contributed by atoms with Gasteiger partial charge in [-0.25, -0.2) is 0 Å². The van der Waals surface area contributed by atoms with Crippen LogP contribution in [-0.4, -0.2) is 0 Å². The number of nitrogens with zero attached hydrogens (tertiary/aromatic N) is 1. The van der Waals surface area contributed by atoms with Gasteiger partial charge in [-0.1, -0.05) is 79.8 Å². The van der Waals surface area contributed by atoms with Crippen LogP contribution in [0, 0.1) is 0 Å². The molecule has 1 aliphatic carbocycles. The van der Waals surface area contributed by atoms with Crippen molar-refractivity contribution in [1.29, 1.82) is 0 Å². The molecule has 1 nitrogen and oxygen atoms in total. The van der Waals surface area contributed by atoms with Crippen molar-refractivity contribution in [1.82, 2.24) is 0 Å². The van der Waals surface area contributed by atoms with E-state index in [1.807, 2.05) is 0 Å². The van der Waals surface area contributed by atoms with E-state index in [1.54, 1.807) is 0 Å². The molecule has 0 aromatic heterocycles. The molecule has 0 bridgehead atoms. The number of benzene rings is 2. The van der Waals surface area contributed by atoms with Gasteiger partial charge in [-0.05, 0) is 49.1 Å². The molecular weight excluding hydrogens is 302 g/mol. The minimum Gasteiger partial charge on any atom is -0.315 e. The Morgan fingerprint density at radius 2 is 1.60 bits per heavy atom. The third kappa shape index (κ3) is 4.19. The van der Waals surface area contributed by atoms with Gasteiger partial charge in [-0.15, -0.1) is 0 Å². The van der Waals surface area contributed by atoms with Gasteiger partial charge in [0, 0.05) is 17.1 Å². The Morgan fingerprint density at radius 3 is 2.28 bits per heavy atom. The highest BCUT2D eigenvalue weighted by atomic mass is 15.1. The van der Waals surface area contributed by atoms with Gasteiger partial charge >= 0.3 is 0 Å². The first-order chi connectivity index (χ1) is 12.3. The molecule has 25 heavy (non-hydrogen) atoms. The summed E-state index contributed by atoms with van der Waals surface area (Å²) >= 11 is 0. The molecule has 3 rings (SSSR count). The maximum absolute atomic E-state index is 2.34. The quantitative estimate of drug-likeness (QED) is 0.588. The van der Waals surface area contributed by atoms with E-state index in [-0.39, 0.29) is 0 Å². The highest BCUT2D eigenvalue weighted by Gasteiger charge is 2.13. The van der Waals surface area contributed by atoms with Crippen molar-refractivity contribution in [3.8, 4) is 0 Å². The lowest BCUT2D eigenvalue weighted by molar-refractivity contribution is 1.05. The molecule has 0 spiro atoms. The van der Waals surface area contributed by atoms with Crippen molar-refractivity contribution in [3.63, 3.8) is 0 Å². The van der Waals surface area contributed by atoms with Crippen LogP contribution in [0.4, 0.5) is 5.69 Å². The third-order valence-corrected chi connectivity index (χ3v) is 4.33. The molecule has 0 radical (unpaired) electrons. The number of hydrogen-bond acceptors (Lipinski definition) is 1. The van der Waals surface area contributed by atoms with Crippen LogP contribution in [0.15, 0.2) is 102 Å². The Kier molecular flexibility index (Phi) is 5.69. The zero-order valence-electron chi connectivity index (χ0n) is 15.0. The lowest BCUT2D eigenvalue weighted by Gasteiger charge is -2.27. The summed E-state index contributed by atoms with van der Waals surface area (Å²) < 4.78 is 0. The van der Waals surface area contributed by atoms with Crippen LogP contribution in [0.5, 0.6) is 0 Å². The average molecular weight is 327 g/mol. The van der Waals surface area contributed by atoms with Gasteiger partial charge in [0.1, 0.15) is 0 Å². The maximum atomic E-state index is 2.34. The second kappa shape index (κ2) is 8.34. The van der Waals surface area contributed by atoms with Gasteiger partial charge in [0.25, 0.3) is 0 Å². The lowest BCUT2D eigenvalue weighted by atomic mass is 10.1. The highest BCUT2D eigenvalue weighted by molar-refractivity contribution is 5.76. The Labute approximate surface area is 151 Å². The summed E-state index contributed by atoms with van der Waals surface area (Å²) in [6, 6.07) is 21.2. The Morgan fingerprint density at radius 1 is 0.920 bits per heavy atom. The average Bonchev–Trinajstić information content (AvgIpc) is 2.90. The summed E-state index contributed by atoms with van der Waals surface area (Å²) in [5.41, 5.74) is 6.21. The molecule has 1 heteroatoms. The zero-order chi connectivity index (χ0) is 17.5. The number of rotatable bonds is 5. The Hall–Kier alpha value is -2.80. The van der Waals surface area contributed by atoms with Crippen molar-refractivity contribution in [3.05, 3.63) is 108 Å². The van der Waals surface area contributed by atoms with E-state index in [1.165, 1.54) is 28.2 Å². The minimum atomic E-state index is 0.926. The number of allylic oxidation sites excluding steroid dienone is 7. The van der Waals surface area contributed by atoms with Crippen LogP contribution in [0.3, 0.4) is 0 Å². The summed E-state index contributed by atoms with van der Waals surface area (Å²) in [5, 5.41) is 0. The fraction of sp³-hybridized carbons (Fsp3) is 0.167. The molecule has 2 aromatic carbocycles. The first-order valence-corrected chi connectivity index (χ1v) is 8.95. The maximum Gasteiger partial charge on any atom is 0.0457 e. The second-order valence-corrected chi connectivity index (χ2v) is 6.15. The van der Waals surface area contributed by atoms with Gasteiger partial charge in [-0.3, -0.25) is 0 Å². The fourth-order valence-corrected chi connectivity index (χ4v) is 3.15. The molecule has 0 saturated carbocycles. The molecule has 0 atom stereocenters. The zero-order valence-corrected chi connectivity index (χ0v) is 15.0. The lowest BCUT2D eigenvalue weighted by Crippen LogP contribution is -2.19. The summed E-state index contributed by atoms with van der Waals surface area (Å²) in [6.45, 7) is 4.36. The fourth-order valence-electron chi connectivity index (χ4n) is 3.15.